The minimum absolute atomic E-state index is 0.0747. The molecule has 1 aromatic rings. The van der Waals surface area contributed by atoms with Gasteiger partial charge in [0.05, 0.1) is 6.61 Å². The SMILES string of the molecule is CC(C)(C)c1cccc(CON)c1O. The van der Waals surface area contributed by atoms with E-state index < -0.39 is 0 Å². The number of hydrogen-bond acceptors (Lipinski definition) is 3. The minimum atomic E-state index is -0.0747. The zero-order chi connectivity index (χ0) is 10.8. The maximum atomic E-state index is 9.92. The number of rotatable bonds is 2. The molecule has 3 nitrogen and oxygen atoms in total. The van der Waals surface area contributed by atoms with Gasteiger partial charge in [-0.05, 0) is 11.0 Å². The van der Waals surface area contributed by atoms with Crippen molar-refractivity contribution >= 4 is 0 Å². The van der Waals surface area contributed by atoms with Crippen LogP contribution >= 0.6 is 0 Å². The van der Waals surface area contributed by atoms with Gasteiger partial charge in [0.2, 0.25) is 0 Å². The summed E-state index contributed by atoms with van der Waals surface area (Å²) in [6, 6.07) is 5.61. The van der Waals surface area contributed by atoms with Crippen LogP contribution in [-0.2, 0) is 16.9 Å². The van der Waals surface area contributed by atoms with Crippen molar-refractivity contribution in [3.05, 3.63) is 29.3 Å². The average Bonchev–Trinajstić information content (AvgIpc) is 2.07. The molecule has 0 heterocycles. The lowest BCUT2D eigenvalue weighted by molar-refractivity contribution is 0.122. The molecule has 0 radical (unpaired) electrons. The summed E-state index contributed by atoms with van der Waals surface area (Å²) in [4.78, 5) is 4.52. The molecule has 0 amide bonds. The Balaban J connectivity index is 3.14. The van der Waals surface area contributed by atoms with Gasteiger partial charge in [-0.3, -0.25) is 4.84 Å². The summed E-state index contributed by atoms with van der Waals surface area (Å²) < 4.78 is 0. The van der Waals surface area contributed by atoms with Gasteiger partial charge in [-0.25, -0.2) is 5.90 Å². The highest BCUT2D eigenvalue weighted by molar-refractivity contribution is 5.43. The molecule has 0 aliphatic heterocycles. The van der Waals surface area contributed by atoms with Crippen molar-refractivity contribution in [2.24, 2.45) is 5.90 Å². The standard InChI is InChI=1S/C11H17NO2/c1-11(2,3)9-6-4-5-8(7-14-12)10(9)13/h4-6,13H,7,12H2,1-3H3. The third kappa shape index (κ3) is 2.25. The number of nitrogens with two attached hydrogens (primary N) is 1. The van der Waals surface area contributed by atoms with Gasteiger partial charge >= 0.3 is 0 Å². The molecule has 1 rings (SSSR count). The van der Waals surface area contributed by atoms with Crippen molar-refractivity contribution < 1.29 is 9.94 Å². The van der Waals surface area contributed by atoms with Crippen LogP contribution in [0.1, 0.15) is 31.9 Å². The average molecular weight is 195 g/mol. The smallest absolute Gasteiger partial charge is 0.124 e. The first kappa shape index (κ1) is 11.0. The highest BCUT2D eigenvalue weighted by Crippen LogP contribution is 2.33. The van der Waals surface area contributed by atoms with E-state index in [1.165, 1.54) is 0 Å². The summed E-state index contributed by atoms with van der Waals surface area (Å²) in [5, 5.41) is 9.92. The Morgan fingerprint density at radius 1 is 1.36 bits per heavy atom. The molecule has 14 heavy (non-hydrogen) atoms. The molecule has 0 unspecified atom stereocenters. The Hall–Kier alpha value is -1.06. The summed E-state index contributed by atoms with van der Waals surface area (Å²) in [7, 11) is 0. The number of hydrogen-bond donors (Lipinski definition) is 2. The quantitative estimate of drug-likeness (QED) is 0.710. The Kier molecular flexibility index (Phi) is 3.13. The van der Waals surface area contributed by atoms with Crippen molar-refractivity contribution in [2.75, 3.05) is 0 Å². The lowest BCUT2D eigenvalue weighted by Gasteiger charge is -2.21. The van der Waals surface area contributed by atoms with Crippen LogP contribution in [0.5, 0.6) is 5.75 Å². The van der Waals surface area contributed by atoms with Crippen LogP contribution in [0.25, 0.3) is 0 Å². The molecule has 3 heteroatoms. The van der Waals surface area contributed by atoms with E-state index in [0.29, 0.717) is 0 Å². The highest BCUT2D eigenvalue weighted by atomic mass is 16.6. The molecule has 0 saturated carbocycles. The summed E-state index contributed by atoms with van der Waals surface area (Å²) in [5.41, 5.74) is 1.56. The van der Waals surface area contributed by atoms with Crippen molar-refractivity contribution in [1.29, 1.82) is 0 Å². The van der Waals surface area contributed by atoms with Gasteiger partial charge in [0.1, 0.15) is 5.75 Å². The van der Waals surface area contributed by atoms with Crippen LogP contribution in [0.2, 0.25) is 0 Å². The topological polar surface area (TPSA) is 55.5 Å². The Bertz CT molecular complexity index is 316. The fraction of sp³-hybridized carbons (Fsp3) is 0.455. The van der Waals surface area contributed by atoms with Crippen molar-refractivity contribution in [3.63, 3.8) is 0 Å². The summed E-state index contributed by atoms with van der Waals surface area (Å²) in [6.07, 6.45) is 0. The predicted octanol–water partition coefficient (Wildman–Crippen LogP) is 2.08. The van der Waals surface area contributed by atoms with Gasteiger partial charge in [0, 0.05) is 5.56 Å². The fourth-order valence-corrected chi connectivity index (χ4v) is 1.40. The second kappa shape index (κ2) is 3.98. The van der Waals surface area contributed by atoms with Gasteiger partial charge in [-0.1, -0.05) is 39.0 Å². The van der Waals surface area contributed by atoms with Crippen LogP contribution in [-0.4, -0.2) is 5.11 Å². The molecule has 0 bridgehead atoms. The number of benzene rings is 1. The Morgan fingerprint density at radius 2 is 2.00 bits per heavy atom. The first-order valence-electron chi connectivity index (χ1n) is 4.60. The molecular weight excluding hydrogens is 178 g/mol. The molecule has 3 N–H and O–H groups in total. The van der Waals surface area contributed by atoms with E-state index in [-0.39, 0.29) is 17.8 Å². The van der Waals surface area contributed by atoms with Crippen LogP contribution in [0.4, 0.5) is 0 Å². The molecule has 0 spiro atoms. The number of phenolic OH excluding ortho intramolecular Hbond substituents is 1. The third-order valence-corrected chi connectivity index (χ3v) is 2.17. The predicted molar refractivity (Wildman–Crippen MR) is 55.8 cm³/mol. The molecule has 0 aliphatic carbocycles. The molecule has 0 fully saturated rings. The molecule has 0 aliphatic rings. The third-order valence-electron chi connectivity index (χ3n) is 2.17. The zero-order valence-electron chi connectivity index (χ0n) is 8.87. The Morgan fingerprint density at radius 3 is 2.50 bits per heavy atom. The number of aromatic hydroxyl groups is 1. The molecule has 78 valence electrons. The van der Waals surface area contributed by atoms with Crippen LogP contribution in [0, 0.1) is 0 Å². The summed E-state index contributed by atoms with van der Waals surface area (Å²) >= 11 is 0. The molecule has 0 aromatic heterocycles. The van der Waals surface area contributed by atoms with Gasteiger partial charge in [-0.15, -0.1) is 0 Å². The lowest BCUT2D eigenvalue weighted by Crippen LogP contribution is -2.12. The van der Waals surface area contributed by atoms with Crippen molar-refractivity contribution in [1.82, 2.24) is 0 Å². The second-order valence-corrected chi connectivity index (χ2v) is 4.37. The van der Waals surface area contributed by atoms with E-state index in [4.69, 9.17) is 5.90 Å². The molecule has 0 saturated heterocycles. The number of phenols is 1. The van der Waals surface area contributed by atoms with Gasteiger partial charge in [0.15, 0.2) is 0 Å². The molecular formula is C11H17NO2. The van der Waals surface area contributed by atoms with Crippen LogP contribution in [0.3, 0.4) is 0 Å². The van der Waals surface area contributed by atoms with E-state index >= 15 is 0 Å². The first-order valence-corrected chi connectivity index (χ1v) is 4.60. The van der Waals surface area contributed by atoms with Crippen LogP contribution < -0.4 is 5.90 Å². The van der Waals surface area contributed by atoms with Crippen molar-refractivity contribution in [3.8, 4) is 5.75 Å². The molecule has 0 atom stereocenters. The first-order chi connectivity index (χ1) is 6.46. The van der Waals surface area contributed by atoms with Gasteiger partial charge in [0.25, 0.3) is 0 Å². The largest absolute Gasteiger partial charge is 0.507 e. The van der Waals surface area contributed by atoms with E-state index in [0.717, 1.165) is 11.1 Å². The van der Waals surface area contributed by atoms with Gasteiger partial charge in [-0.2, -0.15) is 0 Å². The normalized spacial score (nSPS) is 11.7. The van der Waals surface area contributed by atoms with E-state index in [9.17, 15) is 5.11 Å². The minimum Gasteiger partial charge on any atom is -0.507 e. The summed E-state index contributed by atoms with van der Waals surface area (Å²) in [6.45, 7) is 6.38. The number of para-hydroxylation sites is 1. The highest BCUT2D eigenvalue weighted by Gasteiger charge is 2.19. The van der Waals surface area contributed by atoms with E-state index in [1.54, 1.807) is 6.07 Å². The zero-order valence-corrected chi connectivity index (χ0v) is 8.87. The fourth-order valence-electron chi connectivity index (χ4n) is 1.40. The van der Waals surface area contributed by atoms with E-state index in [1.807, 2.05) is 12.1 Å². The maximum Gasteiger partial charge on any atom is 0.124 e. The van der Waals surface area contributed by atoms with Gasteiger partial charge < -0.3 is 5.11 Å². The van der Waals surface area contributed by atoms with Crippen LogP contribution in [0.15, 0.2) is 18.2 Å². The maximum absolute atomic E-state index is 9.92. The Labute approximate surface area is 84.5 Å². The second-order valence-electron chi connectivity index (χ2n) is 4.37. The lowest BCUT2D eigenvalue weighted by atomic mass is 9.85. The summed E-state index contributed by atoms with van der Waals surface area (Å²) in [5.74, 6) is 5.26. The monoisotopic (exact) mass is 195 g/mol. The van der Waals surface area contributed by atoms with Crippen molar-refractivity contribution in [2.45, 2.75) is 32.8 Å². The van der Waals surface area contributed by atoms with E-state index in [2.05, 4.69) is 25.6 Å². The molecule has 1 aromatic carbocycles.